The van der Waals surface area contributed by atoms with Crippen LogP contribution in [-0.2, 0) is 24.2 Å². The standard InChI is InChI=1S/C14H18N6O/c1-2-13-18-19-14(20(13)4-1)7-15-12-6-11(16-9-17-12)10-3-5-21-8-10/h6,9-10H,1-5,7-8H2,(H,15,16,17)/t10-/m1/s1. The summed E-state index contributed by atoms with van der Waals surface area (Å²) in [5.41, 5.74) is 1.05. The number of hydrogen-bond donors (Lipinski definition) is 1. The van der Waals surface area contributed by atoms with Gasteiger partial charge >= 0.3 is 0 Å². The van der Waals surface area contributed by atoms with Crippen molar-refractivity contribution in [3.05, 3.63) is 29.7 Å². The molecule has 1 atom stereocenters. The summed E-state index contributed by atoms with van der Waals surface area (Å²) in [6.07, 6.45) is 4.85. The summed E-state index contributed by atoms with van der Waals surface area (Å²) in [5.74, 6) is 3.30. The summed E-state index contributed by atoms with van der Waals surface area (Å²) >= 11 is 0. The summed E-state index contributed by atoms with van der Waals surface area (Å²) in [5, 5.41) is 11.8. The summed E-state index contributed by atoms with van der Waals surface area (Å²) in [6, 6.07) is 2.01. The van der Waals surface area contributed by atoms with Crippen LogP contribution in [0, 0.1) is 0 Å². The lowest BCUT2D eigenvalue weighted by molar-refractivity contribution is 0.193. The SMILES string of the molecule is c1nc(NCc2nnc3n2CCC3)cc([C@@H]2CCOC2)n1. The van der Waals surface area contributed by atoms with Crippen molar-refractivity contribution >= 4 is 5.82 Å². The van der Waals surface area contributed by atoms with E-state index >= 15 is 0 Å². The van der Waals surface area contributed by atoms with E-state index in [1.807, 2.05) is 6.07 Å². The summed E-state index contributed by atoms with van der Waals surface area (Å²) in [6.45, 7) is 3.25. The molecule has 1 fully saturated rings. The van der Waals surface area contributed by atoms with Gasteiger partial charge in [-0.25, -0.2) is 9.97 Å². The van der Waals surface area contributed by atoms with Crippen LogP contribution in [0.1, 0.15) is 36.1 Å². The molecular formula is C14H18N6O. The molecule has 2 aromatic heterocycles. The van der Waals surface area contributed by atoms with Gasteiger partial charge in [0.1, 0.15) is 18.0 Å². The number of nitrogens with zero attached hydrogens (tertiary/aromatic N) is 5. The van der Waals surface area contributed by atoms with Crippen molar-refractivity contribution < 1.29 is 4.74 Å². The minimum atomic E-state index is 0.394. The van der Waals surface area contributed by atoms with Crippen molar-refractivity contribution in [2.75, 3.05) is 18.5 Å². The molecule has 2 aliphatic heterocycles. The Morgan fingerprint density at radius 2 is 2.33 bits per heavy atom. The molecule has 0 aliphatic carbocycles. The number of nitrogens with one attached hydrogen (secondary N) is 1. The van der Waals surface area contributed by atoms with Crippen LogP contribution in [0.4, 0.5) is 5.82 Å². The number of aryl methyl sites for hydroxylation is 1. The van der Waals surface area contributed by atoms with Crippen LogP contribution < -0.4 is 5.32 Å². The van der Waals surface area contributed by atoms with Gasteiger partial charge in [0.15, 0.2) is 5.82 Å². The Bertz CT molecular complexity index is 634. The quantitative estimate of drug-likeness (QED) is 0.908. The van der Waals surface area contributed by atoms with Gasteiger partial charge in [-0.3, -0.25) is 0 Å². The molecule has 7 heteroatoms. The number of rotatable bonds is 4. The van der Waals surface area contributed by atoms with Crippen LogP contribution >= 0.6 is 0 Å². The van der Waals surface area contributed by atoms with Crippen LogP contribution in [0.2, 0.25) is 0 Å². The average Bonchev–Trinajstić information content (AvgIpc) is 3.23. The molecule has 0 bridgehead atoms. The molecule has 2 aliphatic rings. The highest BCUT2D eigenvalue weighted by Gasteiger charge is 2.20. The molecule has 4 heterocycles. The van der Waals surface area contributed by atoms with E-state index in [-0.39, 0.29) is 0 Å². The van der Waals surface area contributed by atoms with E-state index in [9.17, 15) is 0 Å². The minimum Gasteiger partial charge on any atom is -0.381 e. The molecule has 0 aromatic carbocycles. The molecule has 0 unspecified atom stereocenters. The van der Waals surface area contributed by atoms with E-state index in [4.69, 9.17) is 4.74 Å². The fourth-order valence-electron chi connectivity index (χ4n) is 2.97. The van der Waals surface area contributed by atoms with Gasteiger partial charge in [0.05, 0.1) is 18.8 Å². The van der Waals surface area contributed by atoms with Crippen LogP contribution in [-0.4, -0.2) is 37.9 Å². The lowest BCUT2D eigenvalue weighted by atomic mass is 10.1. The lowest BCUT2D eigenvalue weighted by Crippen LogP contribution is -2.10. The number of hydrogen-bond acceptors (Lipinski definition) is 6. The highest BCUT2D eigenvalue weighted by Crippen LogP contribution is 2.24. The Labute approximate surface area is 122 Å². The molecule has 0 saturated carbocycles. The molecule has 0 radical (unpaired) electrons. The smallest absolute Gasteiger partial charge is 0.152 e. The van der Waals surface area contributed by atoms with Crippen molar-refractivity contribution in [1.29, 1.82) is 0 Å². The fourth-order valence-corrected chi connectivity index (χ4v) is 2.97. The van der Waals surface area contributed by atoms with Crippen LogP contribution in [0.25, 0.3) is 0 Å². The van der Waals surface area contributed by atoms with Gasteiger partial charge in [-0.2, -0.15) is 0 Å². The van der Waals surface area contributed by atoms with Gasteiger partial charge in [0.25, 0.3) is 0 Å². The van der Waals surface area contributed by atoms with Gasteiger partial charge < -0.3 is 14.6 Å². The van der Waals surface area contributed by atoms with Gasteiger partial charge in [0, 0.05) is 31.6 Å². The number of anilines is 1. The van der Waals surface area contributed by atoms with Crippen LogP contribution in [0.5, 0.6) is 0 Å². The minimum absolute atomic E-state index is 0.394. The van der Waals surface area contributed by atoms with E-state index in [0.29, 0.717) is 12.5 Å². The van der Waals surface area contributed by atoms with Crippen molar-refractivity contribution in [3.63, 3.8) is 0 Å². The predicted molar refractivity (Wildman–Crippen MR) is 75.9 cm³/mol. The average molecular weight is 286 g/mol. The summed E-state index contributed by atoms with van der Waals surface area (Å²) in [4.78, 5) is 8.64. The Hall–Kier alpha value is -2.02. The molecule has 110 valence electrons. The van der Waals surface area contributed by atoms with Crippen molar-refractivity contribution in [2.45, 2.75) is 38.3 Å². The largest absolute Gasteiger partial charge is 0.381 e. The molecule has 0 spiro atoms. The third kappa shape index (κ3) is 2.49. The highest BCUT2D eigenvalue weighted by atomic mass is 16.5. The molecule has 7 nitrogen and oxygen atoms in total. The third-order valence-corrected chi connectivity index (χ3v) is 4.15. The molecule has 0 amide bonds. The van der Waals surface area contributed by atoms with Gasteiger partial charge in [-0.15, -0.1) is 10.2 Å². The topological polar surface area (TPSA) is 77.8 Å². The Balaban J connectivity index is 1.45. The van der Waals surface area contributed by atoms with E-state index in [2.05, 4.69) is 30.0 Å². The van der Waals surface area contributed by atoms with Crippen LogP contribution in [0.15, 0.2) is 12.4 Å². The monoisotopic (exact) mass is 286 g/mol. The zero-order chi connectivity index (χ0) is 14.1. The normalized spacial score (nSPS) is 20.7. The molecule has 2 aromatic rings. The summed E-state index contributed by atoms with van der Waals surface area (Å²) < 4.78 is 7.61. The zero-order valence-electron chi connectivity index (χ0n) is 11.8. The first-order valence-corrected chi connectivity index (χ1v) is 7.44. The third-order valence-electron chi connectivity index (χ3n) is 4.15. The Kier molecular flexibility index (Phi) is 3.27. The number of fused-ring (bicyclic) bond motifs is 1. The Morgan fingerprint density at radius 1 is 1.33 bits per heavy atom. The maximum Gasteiger partial charge on any atom is 0.152 e. The van der Waals surface area contributed by atoms with E-state index < -0.39 is 0 Å². The molecule has 1 N–H and O–H groups in total. The van der Waals surface area contributed by atoms with Crippen molar-refractivity contribution in [1.82, 2.24) is 24.7 Å². The van der Waals surface area contributed by atoms with Gasteiger partial charge in [-0.1, -0.05) is 0 Å². The first kappa shape index (κ1) is 12.7. The van der Waals surface area contributed by atoms with Crippen LogP contribution in [0.3, 0.4) is 0 Å². The van der Waals surface area contributed by atoms with Gasteiger partial charge in [-0.05, 0) is 12.8 Å². The molecule has 4 rings (SSSR count). The highest BCUT2D eigenvalue weighted by molar-refractivity contribution is 5.36. The van der Waals surface area contributed by atoms with Crippen molar-refractivity contribution in [2.24, 2.45) is 0 Å². The van der Waals surface area contributed by atoms with E-state index in [0.717, 1.165) is 62.2 Å². The second-order valence-electron chi connectivity index (χ2n) is 5.53. The lowest BCUT2D eigenvalue weighted by Gasteiger charge is -2.10. The first-order chi connectivity index (χ1) is 10.4. The van der Waals surface area contributed by atoms with Crippen molar-refractivity contribution in [3.8, 4) is 0 Å². The first-order valence-electron chi connectivity index (χ1n) is 7.44. The maximum absolute atomic E-state index is 5.42. The Morgan fingerprint density at radius 3 is 3.24 bits per heavy atom. The fraction of sp³-hybridized carbons (Fsp3) is 0.571. The summed E-state index contributed by atoms with van der Waals surface area (Å²) in [7, 11) is 0. The molecular weight excluding hydrogens is 268 g/mol. The number of aromatic nitrogens is 5. The second-order valence-corrected chi connectivity index (χ2v) is 5.53. The maximum atomic E-state index is 5.42. The molecule has 1 saturated heterocycles. The van der Waals surface area contributed by atoms with E-state index in [1.165, 1.54) is 0 Å². The van der Waals surface area contributed by atoms with E-state index in [1.54, 1.807) is 6.33 Å². The second kappa shape index (κ2) is 5.40. The zero-order valence-corrected chi connectivity index (χ0v) is 11.8. The van der Waals surface area contributed by atoms with Gasteiger partial charge in [0.2, 0.25) is 0 Å². The number of ether oxygens (including phenoxy) is 1. The predicted octanol–water partition coefficient (Wildman–Crippen LogP) is 1.13. The molecule has 21 heavy (non-hydrogen) atoms.